The van der Waals surface area contributed by atoms with Gasteiger partial charge in [-0.05, 0) is 25.9 Å². The average molecular weight is 332 g/mol. The van der Waals surface area contributed by atoms with E-state index in [1.807, 2.05) is 0 Å². The maximum absolute atomic E-state index is 12.1. The molecule has 1 heterocycles. The highest BCUT2D eigenvalue weighted by molar-refractivity contribution is 7.87. The second-order valence-corrected chi connectivity index (χ2v) is 6.79. The van der Waals surface area contributed by atoms with Crippen molar-refractivity contribution in [3.05, 3.63) is 0 Å². The molecule has 0 bridgehead atoms. The van der Waals surface area contributed by atoms with E-state index < -0.39 is 22.9 Å². The first-order chi connectivity index (χ1) is 9.74. The van der Waals surface area contributed by atoms with Crippen LogP contribution >= 0.6 is 0 Å². The zero-order valence-electron chi connectivity index (χ0n) is 11.9. The Bertz CT molecular complexity index is 395. The van der Waals surface area contributed by atoms with Crippen LogP contribution in [-0.2, 0) is 10.2 Å². The first kappa shape index (κ1) is 18.6. The van der Waals surface area contributed by atoms with Crippen LogP contribution in [0.3, 0.4) is 0 Å². The quantitative estimate of drug-likeness (QED) is 0.619. The maximum atomic E-state index is 12.1. The van der Waals surface area contributed by atoms with E-state index in [1.165, 1.54) is 0 Å². The minimum atomic E-state index is -4.54. The standard InChI is InChI=1S/C11H23F3N4O2S/c12-11(13,14)10-16-21(19,20)18-8-6-17(7-9-18)5-3-1-2-4-15/h16H,1-10,15H2. The molecule has 0 spiro atoms. The normalized spacial score (nSPS) is 19.0. The number of piperazine rings is 1. The fourth-order valence-electron chi connectivity index (χ4n) is 2.11. The van der Waals surface area contributed by atoms with Crippen LogP contribution in [0.15, 0.2) is 0 Å². The summed E-state index contributed by atoms with van der Waals surface area (Å²) in [5.41, 5.74) is 5.40. The van der Waals surface area contributed by atoms with Gasteiger partial charge in [0.1, 0.15) is 6.54 Å². The number of nitrogens with one attached hydrogen (secondary N) is 1. The summed E-state index contributed by atoms with van der Waals surface area (Å²) in [6, 6.07) is 0. The minimum absolute atomic E-state index is 0.212. The summed E-state index contributed by atoms with van der Waals surface area (Å²) >= 11 is 0. The van der Waals surface area contributed by atoms with Crippen LogP contribution < -0.4 is 10.5 Å². The average Bonchev–Trinajstić information content (AvgIpc) is 2.41. The van der Waals surface area contributed by atoms with Gasteiger partial charge in [0.25, 0.3) is 10.2 Å². The molecule has 0 aliphatic carbocycles. The topological polar surface area (TPSA) is 78.7 Å². The SMILES string of the molecule is NCCCCCN1CCN(S(=O)(=O)NCC(F)(F)F)CC1. The Kier molecular flexibility index (Phi) is 7.34. The van der Waals surface area contributed by atoms with Crippen molar-refractivity contribution in [2.75, 3.05) is 45.8 Å². The molecule has 0 unspecified atom stereocenters. The number of unbranched alkanes of at least 4 members (excludes halogenated alkanes) is 2. The molecule has 1 aliphatic heterocycles. The van der Waals surface area contributed by atoms with Crippen molar-refractivity contribution in [2.24, 2.45) is 5.73 Å². The number of alkyl halides is 3. The molecule has 1 aliphatic rings. The molecule has 1 rings (SSSR count). The summed E-state index contributed by atoms with van der Waals surface area (Å²) in [7, 11) is -4.05. The molecule has 0 aromatic carbocycles. The number of hydrogen-bond acceptors (Lipinski definition) is 4. The molecule has 1 saturated heterocycles. The summed E-state index contributed by atoms with van der Waals surface area (Å²) in [4.78, 5) is 2.12. The lowest BCUT2D eigenvalue weighted by Gasteiger charge is -2.33. The molecule has 0 amide bonds. The first-order valence-corrected chi connectivity index (χ1v) is 8.42. The van der Waals surface area contributed by atoms with Gasteiger partial charge in [-0.15, -0.1) is 0 Å². The molecule has 0 radical (unpaired) electrons. The van der Waals surface area contributed by atoms with Gasteiger partial charge < -0.3 is 10.6 Å². The fraction of sp³-hybridized carbons (Fsp3) is 1.00. The van der Waals surface area contributed by atoms with E-state index in [0.29, 0.717) is 19.6 Å². The molecular formula is C11H23F3N4O2S. The van der Waals surface area contributed by atoms with E-state index in [4.69, 9.17) is 5.73 Å². The molecule has 0 atom stereocenters. The molecule has 10 heteroatoms. The Hall–Kier alpha value is -0.420. The van der Waals surface area contributed by atoms with E-state index >= 15 is 0 Å². The monoisotopic (exact) mass is 332 g/mol. The Morgan fingerprint density at radius 1 is 1.05 bits per heavy atom. The zero-order valence-corrected chi connectivity index (χ0v) is 12.7. The van der Waals surface area contributed by atoms with Crippen LogP contribution in [-0.4, -0.2) is 69.6 Å². The number of hydrogen-bond donors (Lipinski definition) is 2. The smallest absolute Gasteiger partial charge is 0.330 e. The third kappa shape index (κ3) is 7.41. The number of nitrogens with zero attached hydrogens (tertiary/aromatic N) is 2. The Morgan fingerprint density at radius 2 is 1.67 bits per heavy atom. The highest BCUT2D eigenvalue weighted by Crippen LogP contribution is 2.14. The van der Waals surface area contributed by atoms with E-state index in [0.717, 1.165) is 30.1 Å². The molecule has 0 saturated carbocycles. The molecular weight excluding hydrogens is 309 g/mol. The summed E-state index contributed by atoms with van der Waals surface area (Å²) in [5, 5.41) is 0. The Balaban J connectivity index is 2.31. The van der Waals surface area contributed by atoms with E-state index in [-0.39, 0.29) is 13.1 Å². The maximum Gasteiger partial charge on any atom is 0.402 e. The number of rotatable bonds is 8. The van der Waals surface area contributed by atoms with E-state index in [2.05, 4.69) is 4.90 Å². The second-order valence-electron chi connectivity index (χ2n) is 5.03. The second kappa shape index (κ2) is 8.28. The highest BCUT2D eigenvalue weighted by atomic mass is 32.2. The predicted molar refractivity (Wildman–Crippen MR) is 73.9 cm³/mol. The third-order valence-electron chi connectivity index (χ3n) is 3.30. The van der Waals surface area contributed by atoms with Crippen molar-refractivity contribution in [1.29, 1.82) is 0 Å². The molecule has 126 valence electrons. The molecule has 0 aromatic rings. The van der Waals surface area contributed by atoms with Crippen LogP contribution in [0.1, 0.15) is 19.3 Å². The van der Waals surface area contributed by atoms with Gasteiger partial charge in [-0.2, -0.15) is 30.6 Å². The van der Waals surface area contributed by atoms with Gasteiger partial charge in [0, 0.05) is 26.2 Å². The molecule has 0 aromatic heterocycles. The largest absolute Gasteiger partial charge is 0.402 e. The van der Waals surface area contributed by atoms with Crippen molar-refractivity contribution < 1.29 is 21.6 Å². The molecule has 21 heavy (non-hydrogen) atoms. The lowest BCUT2D eigenvalue weighted by Crippen LogP contribution is -2.53. The summed E-state index contributed by atoms with van der Waals surface area (Å²) in [6.45, 7) is 1.49. The minimum Gasteiger partial charge on any atom is -0.330 e. The van der Waals surface area contributed by atoms with Gasteiger partial charge in [-0.25, -0.2) is 0 Å². The summed E-state index contributed by atoms with van der Waals surface area (Å²) < 4.78 is 62.3. The highest BCUT2D eigenvalue weighted by Gasteiger charge is 2.33. The van der Waals surface area contributed by atoms with Crippen LogP contribution in [0.2, 0.25) is 0 Å². The summed E-state index contributed by atoms with van der Waals surface area (Å²) in [5.74, 6) is 0. The van der Waals surface area contributed by atoms with Gasteiger partial charge in [-0.1, -0.05) is 6.42 Å². The van der Waals surface area contributed by atoms with Crippen LogP contribution in [0.25, 0.3) is 0 Å². The van der Waals surface area contributed by atoms with Crippen molar-refractivity contribution in [2.45, 2.75) is 25.4 Å². The Morgan fingerprint density at radius 3 is 2.19 bits per heavy atom. The van der Waals surface area contributed by atoms with Gasteiger partial charge in [0.2, 0.25) is 0 Å². The zero-order chi connectivity index (χ0) is 15.9. The molecule has 6 nitrogen and oxygen atoms in total. The lowest BCUT2D eigenvalue weighted by atomic mass is 10.2. The van der Waals surface area contributed by atoms with Gasteiger partial charge >= 0.3 is 6.18 Å². The first-order valence-electron chi connectivity index (χ1n) is 6.98. The van der Waals surface area contributed by atoms with Crippen molar-refractivity contribution >= 4 is 10.2 Å². The van der Waals surface area contributed by atoms with Gasteiger partial charge in [0.15, 0.2) is 0 Å². The van der Waals surface area contributed by atoms with Crippen molar-refractivity contribution in [1.82, 2.24) is 13.9 Å². The van der Waals surface area contributed by atoms with Crippen LogP contribution in [0.4, 0.5) is 13.2 Å². The molecule has 1 fully saturated rings. The fourth-order valence-corrected chi connectivity index (χ4v) is 3.29. The Labute approximate surface area is 123 Å². The molecule has 3 N–H and O–H groups in total. The lowest BCUT2D eigenvalue weighted by molar-refractivity contribution is -0.121. The van der Waals surface area contributed by atoms with Crippen LogP contribution in [0.5, 0.6) is 0 Å². The van der Waals surface area contributed by atoms with Crippen molar-refractivity contribution in [3.8, 4) is 0 Å². The van der Waals surface area contributed by atoms with Crippen molar-refractivity contribution in [3.63, 3.8) is 0 Å². The van der Waals surface area contributed by atoms with Gasteiger partial charge in [0.05, 0.1) is 0 Å². The van der Waals surface area contributed by atoms with E-state index in [9.17, 15) is 21.6 Å². The number of halogens is 3. The summed E-state index contributed by atoms with van der Waals surface area (Å²) in [6.07, 6.45) is -1.55. The number of nitrogens with two attached hydrogens (primary N) is 1. The van der Waals surface area contributed by atoms with E-state index in [1.54, 1.807) is 4.72 Å². The third-order valence-corrected chi connectivity index (χ3v) is 4.86. The van der Waals surface area contributed by atoms with Crippen LogP contribution in [0, 0.1) is 0 Å². The predicted octanol–water partition coefficient (Wildman–Crippen LogP) is 0.130. The van der Waals surface area contributed by atoms with Gasteiger partial charge in [-0.3, -0.25) is 0 Å².